The third-order valence-corrected chi connectivity index (χ3v) is 4.06. The summed E-state index contributed by atoms with van der Waals surface area (Å²) in [5.41, 5.74) is 0.663. The normalized spacial score (nSPS) is 16.7. The van der Waals surface area contributed by atoms with Gasteiger partial charge in [0.05, 0.1) is 18.7 Å². The number of carbonyl (C=O) groups is 1. The van der Waals surface area contributed by atoms with E-state index >= 15 is 0 Å². The number of hydrogen-bond acceptors (Lipinski definition) is 4. The number of nitrogens with zero attached hydrogens (tertiary/aromatic N) is 1. The highest BCUT2D eigenvalue weighted by Gasteiger charge is 2.20. The molecule has 116 valence electrons. The molecule has 2 rings (SSSR count). The zero-order valence-electron chi connectivity index (χ0n) is 12.1. The highest BCUT2D eigenvalue weighted by Crippen LogP contribution is 2.27. The number of carbonyl (C=O) groups excluding carboxylic acids is 1. The van der Waals surface area contributed by atoms with Gasteiger partial charge in [-0.2, -0.15) is 0 Å². The summed E-state index contributed by atoms with van der Waals surface area (Å²) in [6, 6.07) is 5.17. The topological polar surface area (TPSA) is 61.8 Å². The minimum absolute atomic E-state index is 0.0568. The summed E-state index contributed by atoms with van der Waals surface area (Å²) in [6.45, 7) is 2.30. The minimum Gasteiger partial charge on any atom is -0.495 e. The van der Waals surface area contributed by atoms with Crippen LogP contribution in [0.2, 0.25) is 5.02 Å². The highest BCUT2D eigenvalue weighted by atomic mass is 35.5. The fourth-order valence-electron chi connectivity index (χ4n) is 2.47. The van der Waals surface area contributed by atoms with E-state index in [1.807, 2.05) is 0 Å². The number of rotatable bonds is 5. The van der Waals surface area contributed by atoms with Gasteiger partial charge in [0.1, 0.15) is 5.75 Å². The molecule has 0 unspecified atom stereocenters. The molecule has 0 aliphatic carbocycles. The van der Waals surface area contributed by atoms with E-state index in [-0.39, 0.29) is 12.5 Å². The van der Waals surface area contributed by atoms with Gasteiger partial charge in [-0.05, 0) is 50.0 Å². The van der Waals surface area contributed by atoms with Crippen LogP contribution in [-0.2, 0) is 4.79 Å². The van der Waals surface area contributed by atoms with Gasteiger partial charge in [0.15, 0.2) is 0 Å². The number of likely N-dealkylation sites (tertiary alicyclic amines) is 1. The highest BCUT2D eigenvalue weighted by molar-refractivity contribution is 6.32. The largest absolute Gasteiger partial charge is 0.495 e. The molecule has 1 aliphatic heterocycles. The van der Waals surface area contributed by atoms with Crippen molar-refractivity contribution in [3.05, 3.63) is 23.2 Å². The van der Waals surface area contributed by atoms with Gasteiger partial charge in [-0.3, -0.25) is 9.69 Å². The Morgan fingerprint density at radius 2 is 2.19 bits per heavy atom. The minimum atomic E-state index is -0.0568. The zero-order chi connectivity index (χ0) is 15.2. The van der Waals surface area contributed by atoms with Crippen LogP contribution >= 0.6 is 11.6 Å². The van der Waals surface area contributed by atoms with E-state index in [0.717, 1.165) is 25.9 Å². The first kappa shape index (κ1) is 16.1. The molecule has 1 saturated heterocycles. The number of aliphatic hydroxyl groups excluding tert-OH is 1. The molecule has 0 bridgehead atoms. The molecule has 0 atom stereocenters. The van der Waals surface area contributed by atoms with Crippen LogP contribution in [0.5, 0.6) is 5.75 Å². The van der Waals surface area contributed by atoms with Gasteiger partial charge in [0.25, 0.3) is 0 Å². The first-order valence-electron chi connectivity index (χ1n) is 7.09. The van der Waals surface area contributed by atoms with Gasteiger partial charge < -0.3 is 15.2 Å². The predicted octanol–water partition coefficient (Wildman–Crippen LogP) is 1.99. The number of amides is 1. The van der Waals surface area contributed by atoms with Gasteiger partial charge >= 0.3 is 0 Å². The molecular formula is C15H21ClN2O3. The summed E-state index contributed by atoms with van der Waals surface area (Å²) >= 11 is 6.03. The van der Waals surface area contributed by atoms with Crippen LogP contribution in [-0.4, -0.2) is 49.3 Å². The molecule has 0 saturated carbocycles. The fraction of sp³-hybridized carbons (Fsp3) is 0.533. The number of piperidine rings is 1. The van der Waals surface area contributed by atoms with Crippen LogP contribution in [0.15, 0.2) is 18.2 Å². The van der Waals surface area contributed by atoms with E-state index in [1.54, 1.807) is 25.3 Å². The fourth-order valence-corrected chi connectivity index (χ4v) is 2.73. The Hall–Kier alpha value is -1.30. The first-order valence-corrected chi connectivity index (χ1v) is 7.46. The van der Waals surface area contributed by atoms with E-state index in [0.29, 0.717) is 28.9 Å². The molecular weight excluding hydrogens is 292 g/mol. The van der Waals surface area contributed by atoms with Crippen molar-refractivity contribution in [1.29, 1.82) is 0 Å². The summed E-state index contributed by atoms with van der Waals surface area (Å²) in [6.07, 6.45) is 1.89. The molecule has 5 nitrogen and oxygen atoms in total. The molecule has 1 aromatic rings. The third kappa shape index (κ3) is 4.59. The number of ether oxygens (including phenoxy) is 1. The number of halogens is 1. The maximum absolute atomic E-state index is 12.0. The molecule has 1 aliphatic rings. The second kappa shape index (κ2) is 7.64. The van der Waals surface area contributed by atoms with E-state index in [2.05, 4.69) is 10.2 Å². The third-order valence-electron chi connectivity index (χ3n) is 3.77. The van der Waals surface area contributed by atoms with Crippen LogP contribution in [0.1, 0.15) is 12.8 Å². The molecule has 0 spiro atoms. The maximum atomic E-state index is 12.0. The van der Waals surface area contributed by atoms with Crippen LogP contribution in [0.25, 0.3) is 0 Å². The number of nitrogens with one attached hydrogen (secondary N) is 1. The second-order valence-corrected chi connectivity index (χ2v) is 5.71. The van der Waals surface area contributed by atoms with Crippen molar-refractivity contribution in [1.82, 2.24) is 4.90 Å². The van der Waals surface area contributed by atoms with Gasteiger partial charge in [0.2, 0.25) is 5.91 Å². The van der Waals surface area contributed by atoms with Crippen molar-refractivity contribution in [3.63, 3.8) is 0 Å². The van der Waals surface area contributed by atoms with Gasteiger partial charge in [0, 0.05) is 12.3 Å². The number of methoxy groups -OCH3 is 1. The van der Waals surface area contributed by atoms with Gasteiger partial charge in [-0.25, -0.2) is 0 Å². The predicted molar refractivity (Wildman–Crippen MR) is 82.9 cm³/mol. The summed E-state index contributed by atoms with van der Waals surface area (Å²) in [5.74, 6) is 0.907. The van der Waals surface area contributed by atoms with E-state index < -0.39 is 0 Å². The number of aliphatic hydroxyl groups is 1. The lowest BCUT2D eigenvalue weighted by Crippen LogP contribution is -2.39. The lowest BCUT2D eigenvalue weighted by molar-refractivity contribution is -0.117. The van der Waals surface area contributed by atoms with Gasteiger partial charge in [-0.15, -0.1) is 0 Å². The lowest BCUT2D eigenvalue weighted by atomic mass is 9.98. The molecule has 1 aromatic carbocycles. The first-order chi connectivity index (χ1) is 10.1. The Kier molecular flexibility index (Phi) is 5.85. The number of hydrogen-bond donors (Lipinski definition) is 2. The molecule has 0 aromatic heterocycles. The Morgan fingerprint density at radius 1 is 1.48 bits per heavy atom. The Morgan fingerprint density at radius 3 is 2.76 bits per heavy atom. The average molecular weight is 313 g/mol. The summed E-state index contributed by atoms with van der Waals surface area (Å²) in [5, 5.41) is 12.4. The lowest BCUT2D eigenvalue weighted by Gasteiger charge is -2.30. The van der Waals surface area contributed by atoms with Crippen molar-refractivity contribution >= 4 is 23.2 Å². The average Bonchev–Trinajstić information content (AvgIpc) is 2.48. The summed E-state index contributed by atoms with van der Waals surface area (Å²) in [4.78, 5) is 14.1. The van der Waals surface area contributed by atoms with E-state index in [9.17, 15) is 4.79 Å². The summed E-state index contributed by atoms with van der Waals surface area (Å²) < 4.78 is 5.07. The second-order valence-electron chi connectivity index (χ2n) is 5.30. The standard InChI is InChI=1S/C15H21ClN2O3/c1-21-14-3-2-12(8-13(14)16)17-15(20)9-18-6-4-11(10-19)5-7-18/h2-3,8,11,19H,4-7,9-10H2,1H3,(H,17,20). The Bertz CT molecular complexity index is 488. The number of benzene rings is 1. The monoisotopic (exact) mass is 312 g/mol. The Labute approximate surface area is 129 Å². The SMILES string of the molecule is COc1ccc(NC(=O)CN2CCC(CO)CC2)cc1Cl. The molecule has 2 N–H and O–H groups in total. The molecule has 1 amide bonds. The van der Waals surface area contributed by atoms with E-state index in [1.165, 1.54) is 0 Å². The Balaban J connectivity index is 1.83. The zero-order valence-corrected chi connectivity index (χ0v) is 12.9. The van der Waals surface area contributed by atoms with Crippen molar-refractivity contribution < 1.29 is 14.6 Å². The van der Waals surface area contributed by atoms with Crippen LogP contribution in [0.4, 0.5) is 5.69 Å². The summed E-state index contributed by atoms with van der Waals surface area (Å²) in [7, 11) is 1.55. The van der Waals surface area contributed by atoms with Crippen LogP contribution < -0.4 is 10.1 Å². The molecule has 21 heavy (non-hydrogen) atoms. The van der Waals surface area contributed by atoms with Crippen molar-refractivity contribution in [2.45, 2.75) is 12.8 Å². The smallest absolute Gasteiger partial charge is 0.238 e. The van der Waals surface area contributed by atoms with Crippen molar-refractivity contribution in [2.24, 2.45) is 5.92 Å². The quantitative estimate of drug-likeness (QED) is 0.873. The van der Waals surface area contributed by atoms with Crippen LogP contribution in [0, 0.1) is 5.92 Å². The van der Waals surface area contributed by atoms with Crippen molar-refractivity contribution in [3.8, 4) is 5.75 Å². The molecule has 1 fully saturated rings. The van der Waals surface area contributed by atoms with E-state index in [4.69, 9.17) is 21.4 Å². The van der Waals surface area contributed by atoms with Crippen LogP contribution in [0.3, 0.4) is 0 Å². The van der Waals surface area contributed by atoms with Crippen molar-refractivity contribution in [2.75, 3.05) is 38.7 Å². The number of anilines is 1. The molecule has 0 radical (unpaired) electrons. The molecule has 6 heteroatoms. The van der Waals surface area contributed by atoms with Gasteiger partial charge in [-0.1, -0.05) is 11.6 Å². The molecule has 1 heterocycles. The maximum Gasteiger partial charge on any atom is 0.238 e.